The van der Waals surface area contributed by atoms with Crippen LogP contribution in [0.2, 0.25) is 0 Å². The molecule has 0 atom stereocenters. The van der Waals surface area contributed by atoms with Crippen molar-refractivity contribution in [3.63, 3.8) is 0 Å². The standard InChI is InChI=1S/C13H14N2O3/c1-8-3-6-12(18-8)15(2)11-5-4-9(13(16)17)7-10(11)14/h3-7H,14H2,1-2H3,(H,16,17). The lowest BCUT2D eigenvalue weighted by Gasteiger charge is -2.18. The molecule has 0 amide bonds. The van der Waals surface area contributed by atoms with Gasteiger partial charge >= 0.3 is 5.97 Å². The predicted octanol–water partition coefficient (Wildman–Crippen LogP) is 2.64. The third-order valence-corrected chi connectivity index (χ3v) is 2.69. The van der Waals surface area contributed by atoms with Gasteiger partial charge in [0.2, 0.25) is 0 Å². The second-order valence-electron chi connectivity index (χ2n) is 4.02. The van der Waals surface area contributed by atoms with E-state index in [1.807, 2.05) is 26.1 Å². The quantitative estimate of drug-likeness (QED) is 0.814. The molecule has 5 heteroatoms. The van der Waals surface area contributed by atoms with E-state index in [1.54, 1.807) is 11.0 Å². The maximum absolute atomic E-state index is 10.8. The number of anilines is 3. The van der Waals surface area contributed by atoms with Gasteiger partial charge in [0.15, 0.2) is 5.88 Å². The highest BCUT2D eigenvalue weighted by Gasteiger charge is 2.12. The SMILES string of the molecule is Cc1ccc(N(C)c2ccc(C(=O)O)cc2N)o1. The first-order valence-corrected chi connectivity index (χ1v) is 5.42. The summed E-state index contributed by atoms with van der Waals surface area (Å²) in [5.41, 5.74) is 7.12. The minimum atomic E-state index is -0.996. The number of nitrogens with zero attached hydrogens (tertiary/aromatic N) is 1. The van der Waals surface area contributed by atoms with Gasteiger partial charge in [-0.05, 0) is 31.2 Å². The molecular weight excluding hydrogens is 232 g/mol. The fraction of sp³-hybridized carbons (Fsp3) is 0.154. The predicted molar refractivity (Wildman–Crippen MR) is 69.3 cm³/mol. The van der Waals surface area contributed by atoms with E-state index in [9.17, 15) is 4.79 Å². The topological polar surface area (TPSA) is 79.7 Å². The van der Waals surface area contributed by atoms with Crippen molar-refractivity contribution in [1.82, 2.24) is 0 Å². The number of nitrogens with two attached hydrogens (primary N) is 1. The van der Waals surface area contributed by atoms with E-state index in [0.717, 1.165) is 5.76 Å². The van der Waals surface area contributed by atoms with Crippen LogP contribution in [-0.4, -0.2) is 18.1 Å². The highest BCUT2D eigenvalue weighted by Crippen LogP contribution is 2.30. The Kier molecular flexibility index (Phi) is 2.97. The summed E-state index contributed by atoms with van der Waals surface area (Å²) < 4.78 is 5.49. The van der Waals surface area contributed by atoms with E-state index in [-0.39, 0.29) is 5.56 Å². The number of nitrogen functional groups attached to an aromatic ring is 1. The summed E-state index contributed by atoms with van der Waals surface area (Å²) in [6.07, 6.45) is 0. The first-order chi connectivity index (χ1) is 8.49. The van der Waals surface area contributed by atoms with Gasteiger partial charge in [-0.2, -0.15) is 0 Å². The normalized spacial score (nSPS) is 10.3. The van der Waals surface area contributed by atoms with Gasteiger partial charge in [0, 0.05) is 13.1 Å². The van der Waals surface area contributed by atoms with Gasteiger partial charge in [-0.3, -0.25) is 0 Å². The van der Waals surface area contributed by atoms with Crippen molar-refractivity contribution >= 4 is 23.2 Å². The van der Waals surface area contributed by atoms with Crippen LogP contribution in [0.3, 0.4) is 0 Å². The molecule has 1 heterocycles. The molecule has 94 valence electrons. The van der Waals surface area contributed by atoms with Gasteiger partial charge in [-0.15, -0.1) is 0 Å². The fourth-order valence-electron chi connectivity index (χ4n) is 1.71. The smallest absolute Gasteiger partial charge is 0.335 e. The van der Waals surface area contributed by atoms with Crippen LogP contribution in [0.15, 0.2) is 34.7 Å². The minimum Gasteiger partial charge on any atom is -0.478 e. The number of furan rings is 1. The summed E-state index contributed by atoms with van der Waals surface area (Å²) >= 11 is 0. The Morgan fingerprint density at radius 2 is 2.06 bits per heavy atom. The molecule has 0 unspecified atom stereocenters. The number of benzene rings is 1. The average Bonchev–Trinajstić information content (AvgIpc) is 2.74. The zero-order chi connectivity index (χ0) is 13.3. The van der Waals surface area contributed by atoms with Crippen LogP contribution < -0.4 is 10.6 Å². The van der Waals surface area contributed by atoms with Gasteiger partial charge in [0.05, 0.1) is 16.9 Å². The molecule has 0 saturated heterocycles. The maximum atomic E-state index is 10.8. The largest absolute Gasteiger partial charge is 0.478 e. The van der Waals surface area contributed by atoms with Crippen LogP contribution in [0.1, 0.15) is 16.1 Å². The Bertz CT molecular complexity index is 590. The molecule has 0 aliphatic carbocycles. The Morgan fingerprint density at radius 3 is 2.56 bits per heavy atom. The molecule has 2 aromatic rings. The first-order valence-electron chi connectivity index (χ1n) is 5.42. The molecular formula is C13H14N2O3. The Morgan fingerprint density at radius 1 is 1.33 bits per heavy atom. The summed E-state index contributed by atoms with van der Waals surface area (Å²) in [5.74, 6) is 0.463. The van der Waals surface area contributed by atoms with Crippen molar-refractivity contribution in [2.45, 2.75) is 6.92 Å². The van der Waals surface area contributed by atoms with Crippen molar-refractivity contribution in [2.24, 2.45) is 0 Å². The summed E-state index contributed by atoms with van der Waals surface area (Å²) in [5, 5.41) is 8.87. The molecule has 5 nitrogen and oxygen atoms in total. The van der Waals surface area contributed by atoms with Gasteiger partial charge in [0.25, 0.3) is 0 Å². The molecule has 0 saturated carbocycles. The minimum absolute atomic E-state index is 0.167. The van der Waals surface area contributed by atoms with Crippen LogP contribution in [0, 0.1) is 6.92 Å². The Balaban J connectivity index is 2.36. The summed E-state index contributed by atoms with van der Waals surface area (Å²) in [7, 11) is 1.81. The number of hydrogen-bond donors (Lipinski definition) is 2. The van der Waals surface area contributed by atoms with Crippen molar-refractivity contribution < 1.29 is 14.3 Å². The zero-order valence-corrected chi connectivity index (χ0v) is 10.2. The Hall–Kier alpha value is -2.43. The molecule has 0 bridgehead atoms. The molecule has 18 heavy (non-hydrogen) atoms. The summed E-state index contributed by atoms with van der Waals surface area (Å²) in [6, 6.07) is 8.30. The number of carboxylic acid groups (broad SMARTS) is 1. The second kappa shape index (κ2) is 4.44. The molecule has 0 aliphatic heterocycles. The molecule has 1 aromatic carbocycles. The van der Waals surface area contributed by atoms with E-state index in [0.29, 0.717) is 17.3 Å². The van der Waals surface area contributed by atoms with E-state index < -0.39 is 5.97 Å². The maximum Gasteiger partial charge on any atom is 0.335 e. The van der Waals surface area contributed by atoms with Gasteiger partial charge in [-0.25, -0.2) is 4.79 Å². The van der Waals surface area contributed by atoms with E-state index in [2.05, 4.69) is 0 Å². The van der Waals surface area contributed by atoms with E-state index in [4.69, 9.17) is 15.3 Å². The molecule has 3 N–H and O–H groups in total. The molecule has 0 fully saturated rings. The number of carboxylic acids is 1. The fourth-order valence-corrected chi connectivity index (χ4v) is 1.71. The van der Waals surface area contributed by atoms with Crippen molar-refractivity contribution in [2.75, 3.05) is 17.7 Å². The summed E-state index contributed by atoms with van der Waals surface area (Å²) in [4.78, 5) is 12.6. The lowest BCUT2D eigenvalue weighted by Crippen LogP contribution is -2.11. The van der Waals surface area contributed by atoms with Crippen molar-refractivity contribution in [3.05, 3.63) is 41.7 Å². The summed E-state index contributed by atoms with van der Waals surface area (Å²) in [6.45, 7) is 1.86. The molecule has 1 aromatic heterocycles. The average molecular weight is 246 g/mol. The van der Waals surface area contributed by atoms with Gasteiger partial charge in [0.1, 0.15) is 5.76 Å². The highest BCUT2D eigenvalue weighted by atomic mass is 16.4. The number of rotatable bonds is 3. The monoisotopic (exact) mass is 246 g/mol. The van der Waals surface area contributed by atoms with Gasteiger partial charge in [-0.1, -0.05) is 0 Å². The van der Waals surface area contributed by atoms with Crippen LogP contribution in [0.4, 0.5) is 17.3 Å². The molecule has 0 spiro atoms. The third-order valence-electron chi connectivity index (χ3n) is 2.69. The molecule has 2 rings (SSSR count). The number of aromatic carboxylic acids is 1. The van der Waals surface area contributed by atoms with E-state index in [1.165, 1.54) is 12.1 Å². The molecule has 0 aliphatic rings. The van der Waals surface area contributed by atoms with Crippen LogP contribution in [-0.2, 0) is 0 Å². The number of aryl methyl sites for hydroxylation is 1. The van der Waals surface area contributed by atoms with E-state index >= 15 is 0 Å². The molecule has 0 radical (unpaired) electrons. The third kappa shape index (κ3) is 2.15. The lowest BCUT2D eigenvalue weighted by atomic mass is 10.1. The number of hydrogen-bond acceptors (Lipinski definition) is 4. The zero-order valence-electron chi connectivity index (χ0n) is 10.2. The first kappa shape index (κ1) is 12.0. The highest BCUT2D eigenvalue weighted by molar-refractivity contribution is 5.90. The van der Waals surface area contributed by atoms with Crippen LogP contribution >= 0.6 is 0 Å². The van der Waals surface area contributed by atoms with Crippen molar-refractivity contribution in [1.29, 1.82) is 0 Å². The van der Waals surface area contributed by atoms with Gasteiger partial charge < -0.3 is 20.2 Å². The van der Waals surface area contributed by atoms with Crippen LogP contribution in [0.5, 0.6) is 0 Å². The Labute approximate surface area is 104 Å². The van der Waals surface area contributed by atoms with Crippen LogP contribution in [0.25, 0.3) is 0 Å². The lowest BCUT2D eigenvalue weighted by molar-refractivity contribution is 0.0697. The van der Waals surface area contributed by atoms with Crippen molar-refractivity contribution in [3.8, 4) is 0 Å². The number of carbonyl (C=O) groups is 1. The second-order valence-corrected chi connectivity index (χ2v) is 4.02.